The molecule has 19 heavy (non-hydrogen) atoms. The van der Waals surface area contributed by atoms with Gasteiger partial charge in [-0.3, -0.25) is 9.59 Å². The van der Waals surface area contributed by atoms with E-state index in [4.69, 9.17) is 5.11 Å². The Hall–Kier alpha value is -1.63. The topological polar surface area (TPSA) is 105 Å². The molecule has 1 unspecified atom stereocenters. The Morgan fingerprint density at radius 2 is 1.84 bits per heavy atom. The molecule has 0 fully saturated rings. The number of hydrogen-bond donors (Lipinski definition) is 3. The van der Waals surface area contributed by atoms with E-state index in [1.165, 1.54) is 7.11 Å². The highest BCUT2D eigenvalue weighted by atomic mass is 16.5. The van der Waals surface area contributed by atoms with Crippen molar-refractivity contribution in [3.05, 3.63) is 0 Å². The molecule has 0 aliphatic rings. The molecule has 0 aromatic carbocycles. The zero-order chi connectivity index (χ0) is 14.8. The Morgan fingerprint density at radius 3 is 2.32 bits per heavy atom. The van der Waals surface area contributed by atoms with E-state index < -0.39 is 17.9 Å². The van der Waals surface area contributed by atoms with Gasteiger partial charge in [-0.15, -0.1) is 0 Å². The van der Waals surface area contributed by atoms with E-state index in [-0.39, 0.29) is 19.1 Å². The summed E-state index contributed by atoms with van der Waals surface area (Å²) in [5.41, 5.74) is 0. The van der Waals surface area contributed by atoms with Gasteiger partial charge in [0.1, 0.15) is 0 Å². The van der Waals surface area contributed by atoms with Crippen molar-refractivity contribution in [2.45, 2.75) is 32.7 Å². The van der Waals surface area contributed by atoms with Crippen molar-refractivity contribution in [3.63, 3.8) is 0 Å². The van der Waals surface area contributed by atoms with E-state index >= 15 is 0 Å². The molecule has 0 aliphatic heterocycles. The summed E-state index contributed by atoms with van der Waals surface area (Å²) < 4.78 is 4.67. The number of methoxy groups -OCH3 is 1. The van der Waals surface area contributed by atoms with Crippen molar-refractivity contribution in [1.29, 1.82) is 0 Å². The van der Waals surface area contributed by atoms with Crippen LogP contribution in [0.15, 0.2) is 0 Å². The van der Waals surface area contributed by atoms with Gasteiger partial charge in [0, 0.05) is 13.5 Å². The quantitative estimate of drug-likeness (QED) is 0.538. The lowest BCUT2D eigenvalue weighted by Crippen LogP contribution is -2.47. The average Bonchev–Trinajstić information content (AvgIpc) is 2.33. The number of amides is 2. The molecule has 0 bridgehead atoms. The van der Waals surface area contributed by atoms with Crippen LogP contribution in [0.2, 0.25) is 0 Å². The number of rotatable bonds is 9. The summed E-state index contributed by atoms with van der Waals surface area (Å²) in [7, 11) is 1.34. The van der Waals surface area contributed by atoms with Crippen LogP contribution >= 0.6 is 0 Å². The second-order valence-corrected chi connectivity index (χ2v) is 4.62. The second kappa shape index (κ2) is 9.32. The Balaban J connectivity index is 3.96. The monoisotopic (exact) mass is 274 g/mol. The molecule has 0 rings (SSSR count). The van der Waals surface area contributed by atoms with Gasteiger partial charge >= 0.3 is 5.97 Å². The number of ether oxygens (including phenoxy) is 1. The molecule has 0 radical (unpaired) electrons. The van der Waals surface area contributed by atoms with Crippen molar-refractivity contribution in [1.82, 2.24) is 10.6 Å². The molecule has 0 heterocycles. The van der Waals surface area contributed by atoms with Crippen LogP contribution in [0.5, 0.6) is 0 Å². The highest BCUT2D eigenvalue weighted by molar-refractivity contribution is 5.87. The van der Waals surface area contributed by atoms with Gasteiger partial charge in [-0.25, -0.2) is 4.79 Å². The van der Waals surface area contributed by atoms with Crippen LogP contribution in [-0.2, 0) is 19.1 Å². The fraction of sp³-hybridized carbons (Fsp3) is 0.750. The van der Waals surface area contributed by atoms with Crippen LogP contribution in [0.1, 0.15) is 26.7 Å². The van der Waals surface area contributed by atoms with E-state index in [1.807, 2.05) is 13.8 Å². The predicted molar refractivity (Wildman–Crippen MR) is 68.5 cm³/mol. The maximum atomic E-state index is 11.4. The Labute approximate surface area is 112 Å². The summed E-state index contributed by atoms with van der Waals surface area (Å²) in [5, 5.41) is 13.5. The number of carboxylic acids is 1. The van der Waals surface area contributed by atoms with E-state index in [9.17, 15) is 14.4 Å². The number of aliphatic carboxylic acids is 1. The Bertz CT molecular complexity index is 317. The summed E-state index contributed by atoms with van der Waals surface area (Å²) >= 11 is 0. The summed E-state index contributed by atoms with van der Waals surface area (Å²) in [5.74, 6) is -1.54. The SMILES string of the molecule is COCC(NC(=O)CNC(=O)CCC(C)C)C(=O)O. The molecule has 3 N–H and O–H groups in total. The standard InChI is InChI=1S/C12H22N2O5/c1-8(2)4-5-10(15)13-6-11(16)14-9(7-19-3)12(17)18/h8-9H,4-7H2,1-3H3,(H,13,15)(H,14,16)(H,17,18). The fourth-order valence-corrected chi connectivity index (χ4v) is 1.27. The van der Waals surface area contributed by atoms with E-state index in [2.05, 4.69) is 15.4 Å². The number of hydrogen-bond acceptors (Lipinski definition) is 4. The van der Waals surface area contributed by atoms with E-state index in [1.54, 1.807) is 0 Å². The van der Waals surface area contributed by atoms with Crippen molar-refractivity contribution < 1.29 is 24.2 Å². The first-order valence-corrected chi connectivity index (χ1v) is 6.14. The molecule has 7 nitrogen and oxygen atoms in total. The minimum atomic E-state index is -1.18. The van der Waals surface area contributed by atoms with Gasteiger partial charge in [-0.2, -0.15) is 0 Å². The third-order valence-electron chi connectivity index (χ3n) is 2.36. The average molecular weight is 274 g/mol. The molecule has 0 saturated carbocycles. The van der Waals surface area contributed by atoms with Crippen molar-refractivity contribution >= 4 is 17.8 Å². The predicted octanol–water partition coefficient (Wildman–Crippen LogP) is -0.245. The number of nitrogens with one attached hydrogen (secondary N) is 2. The molecular weight excluding hydrogens is 252 g/mol. The normalized spacial score (nSPS) is 12.0. The maximum absolute atomic E-state index is 11.4. The molecule has 0 aromatic heterocycles. The molecule has 7 heteroatoms. The van der Waals surface area contributed by atoms with Crippen molar-refractivity contribution in [2.75, 3.05) is 20.3 Å². The lowest BCUT2D eigenvalue weighted by molar-refractivity contribution is -0.143. The van der Waals surface area contributed by atoms with Gasteiger partial charge in [0.25, 0.3) is 0 Å². The van der Waals surface area contributed by atoms with Gasteiger partial charge in [0.05, 0.1) is 13.2 Å². The molecule has 0 aromatic rings. The largest absolute Gasteiger partial charge is 0.480 e. The fourth-order valence-electron chi connectivity index (χ4n) is 1.27. The van der Waals surface area contributed by atoms with Crippen LogP contribution < -0.4 is 10.6 Å². The molecule has 0 aliphatic carbocycles. The number of carbonyl (C=O) groups is 3. The minimum Gasteiger partial charge on any atom is -0.480 e. The lowest BCUT2D eigenvalue weighted by atomic mass is 10.1. The van der Waals surface area contributed by atoms with E-state index in [0.717, 1.165) is 6.42 Å². The van der Waals surface area contributed by atoms with Crippen molar-refractivity contribution in [2.24, 2.45) is 5.92 Å². The highest BCUT2D eigenvalue weighted by Crippen LogP contribution is 2.02. The minimum absolute atomic E-state index is 0.123. The Morgan fingerprint density at radius 1 is 1.21 bits per heavy atom. The zero-order valence-electron chi connectivity index (χ0n) is 11.6. The summed E-state index contributed by atoms with van der Waals surface area (Å²) in [6.07, 6.45) is 1.10. The third-order valence-corrected chi connectivity index (χ3v) is 2.36. The number of carboxylic acid groups (broad SMARTS) is 1. The van der Waals surface area contributed by atoms with Gasteiger partial charge in [0.15, 0.2) is 6.04 Å². The molecule has 110 valence electrons. The highest BCUT2D eigenvalue weighted by Gasteiger charge is 2.19. The summed E-state index contributed by atoms with van der Waals surface area (Å²) in [4.78, 5) is 33.6. The smallest absolute Gasteiger partial charge is 0.328 e. The molecule has 1 atom stereocenters. The van der Waals surface area contributed by atoms with Crippen LogP contribution in [0.4, 0.5) is 0 Å². The molecule has 0 saturated heterocycles. The number of carbonyl (C=O) groups excluding carboxylic acids is 2. The first-order valence-electron chi connectivity index (χ1n) is 6.14. The second-order valence-electron chi connectivity index (χ2n) is 4.62. The first-order chi connectivity index (χ1) is 8.86. The molecular formula is C12H22N2O5. The van der Waals surface area contributed by atoms with Crippen LogP contribution in [-0.4, -0.2) is 49.2 Å². The lowest BCUT2D eigenvalue weighted by Gasteiger charge is -2.13. The van der Waals surface area contributed by atoms with Crippen LogP contribution in [0.3, 0.4) is 0 Å². The maximum Gasteiger partial charge on any atom is 0.328 e. The van der Waals surface area contributed by atoms with Gasteiger partial charge in [-0.05, 0) is 12.3 Å². The van der Waals surface area contributed by atoms with Gasteiger partial charge in [-0.1, -0.05) is 13.8 Å². The van der Waals surface area contributed by atoms with Crippen LogP contribution in [0, 0.1) is 5.92 Å². The summed E-state index contributed by atoms with van der Waals surface area (Å²) in [6, 6.07) is -1.11. The van der Waals surface area contributed by atoms with Crippen LogP contribution in [0.25, 0.3) is 0 Å². The molecule has 0 spiro atoms. The van der Waals surface area contributed by atoms with Gasteiger partial charge < -0.3 is 20.5 Å². The Kier molecular flexibility index (Phi) is 8.52. The van der Waals surface area contributed by atoms with E-state index in [0.29, 0.717) is 12.3 Å². The van der Waals surface area contributed by atoms with Crippen molar-refractivity contribution in [3.8, 4) is 0 Å². The van der Waals surface area contributed by atoms with Gasteiger partial charge in [0.2, 0.25) is 11.8 Å². The summed E-state index contributed by atoms with van der Waals surface area (Å²) in [6.45, 7) is 3.65. The molecule has 2 amide bonds. The first kappa shape index (κ1) is 17.4. The zero-order valence-corrected chi connectivity index (χ0v) is 11.6. The third kappa shape index (κ3) is 9.01.